The maximum atomic E-state index is 11.6. The molecule has 0 saturated carbocycles. The molecule has 2 heterocycles. The first-order valence-electron chi connectivity index (χ1n) is 4.18. The maximum absolute atomic E-state index is 11.6. The van der Waals surface area contributed by atoms with Crippen LogP contribution in [0.4, 0.5) is 5.95 Å². The van der Waals surface area contributed by atoms with E-state index >= 15 is 0 Å². The quantitative estimate of drug-likeness (QED) is 0.871. The number of rotatable bonds is 2. The number of aromatic nitrogens is 3. The lowest BCUT2D eigenvalue weighted by Gasteiger charge is -1.99. The molecule has 1 amide bonds. The Morgan fingerprint density at radius 3 is 2.73 bits per heavy atom. The third kappa shape index (κ3) is 2.41. The van der Waals surface area contributed by atoms with E-state index in [2.05, 4.69) is 36.2 Å². The van der Waals surface area contributed by atoms with Gasteiger partial charge in [0.15, 0.2) is 0 Å². The lowest BCUT2D eigenvalue weighted by atomic mass is 10.4. The van der Waals surface area contributed by atoms with Crippen molar-refractivity contribution < 1.29 is 4.79 Å². The fraction of sp³-hybridized carbons (Fsp3) is 0. The largest absolute Gasteiger partial charge is 0.356 e. The Morgan fingerprint density at radius 1 is 1.40 bits per heavy atom. The number of hydrogen-bond acceptors (Lipinski definition) is 3. The highest BCUT2D eigenvalue weighted by Crippen LogP contribution is 2.11. The smallest absolute Gasteiger partial charge is 0.274 e. The molecule has 2 N–H and O–H groups in total. The van der Waals surface area contributed by atoms with E-state index in [1.54, 1.807) is 30.7 Å². The van der Waals surface area contributed by atoms with Crippen LogP contribution in [-0.2, 0) is 0 Å². The van der Waals surface area contributed by atoms with Crippen molar-refractivity contribution in [3.63, 3.8) is 0 Å². The highest BCUT2D eigenvalue weighted by atomic mass is 79.9. The van der Waals surface area contributed by atoms with E-state index in [-0.39, 0.29) is 11.9 Å². The van der Waals surface area contributed by atoms with Gasteiger partial charge in [0, 0.05) is 23.1 Å². The van der Waals surface area contributed by atoms with E-state index in [4.69, 9.17) is 0 Å². The highest BCUT2D eigenvalue weighted by molar-refractivity contribution is 9.10. The summed E-state index contributed by atoms with van der Waals surface area (Å²) in [5.41, 5.74) is 0.453. The SMILES string of the molecule is O=C(Nc1ncccn1)c1cc(Br)c[nH]1. The standard InChI is InChI=1S/C9H7BrN4O/c10-6-4-7(13-5-6)8(15)14-9-11-2-1-3-12-9/h1-5,13H,(H,11,12,14,15). The molecule has 76 valence electrons. The molecule has 0 spiro atoms. The number of nitrogens with zero attached hydrogens (tertiary/aromatic N) is 2. The van der Waals surface area contributed by atoms with Crippen molar-refractivity contribution in [3.8, 4) is 0 Å². The number of H-pyrrole nitrogens is 1. The van der Waals surface area contributed by atoms with Crippen LogP contribution in [0.5, 0.6) is 0 Å². The average Bonchev–Trinajstić information content (AvgIpc) is 2.66. The van der Waals surface area contributed by atoms with Crippen molar-refractivity contribution in [3.05, 3.63) is 40.9 Å². The minimum absolute atomic E-state index is 0.271. The van der Waals surface area contributed by atoms with Crippen LogP contribution in [0.15, 0.2) is 35.2 Å². The topological polar surface area (TPSA) is 70.7 Å². The zero-order chi connectivity index (χ0) is 10.7. The molecule has 0 aromatic carbocycles. The summed E-state index contributed by atoms with van der Waals surface area (Å²) >= 11 is 3.24. The summed E-state index contributed by atoms with van der Waals surface area (Å²) in [7, 11) is 0. The fourth-order valence-corrected chi connectivity index (χ4v) is 1.37. The molecular weight excluding hydrogens is 260 g/mol. The molecule has 0 radical (unpaired) electrons. The normalized spacial score (nSPS) is 9.93. The molecule has 0 bridgehead atoms. The molecule has 15 heavy (non-hydrogen) atoms. The maximum Gasteiger partial charge on any atom is 0.274 e. The second kappa shape index (κ2) is 4.22. The van der Waals surface area contributed by atoms with Gasteiger partial charge >= 0.3 is 0 Å². The van der Waals surface area contributed by atoms with Gasteiger partial charge in [0.05, 0.1) is 0 Å². The Hall–Kier alpha value is -1.69. The van der Waals surface area contributed by atoms with Crippen molar-refractivity contribution in [1.29, 1.82) is 0 Å². The Bertz CT molecular complexity index is 468. The number of nitrogens with one attached hydrogen (secondary N) is 2. The summed E-state index contributed by atoms with van der Waals surface area (Å²) in [6, 6.07) is 3.36. The van der Waals surface area contributed by atoms with E-state index in [1.165, 1.54) is 0 Å². The number of carbonyl (C=O) groups excluding carboxylic acids is 1. The minimum Gasteiger partial charge on any atom is -0.356 e. The zero-order valence-electron chi connectivity index (χ0n) is 7.57. The molecule has 0 unspecified atom stereocenters. The predicted octanol–water partition coefficient (Wildman–Crippen LogP) is 1.82. The molecule has 0 aliphatic carbocycles. The van der Waals surface area contributed by atoms with Gasteiger partial charge in [0.25, 0.3) is 5.91 Å². The van der Waals surface area contributed by atoms with Crippen LogP contribution < -0.4 is 5.32 Å². The Balaban J connectivity index is 2.11. The molecule has 2 rings (SSSR count). The van der Waals surface area contributed by atoms with Crippen LogP contribution in [0.2, 0.25) is 0 Å². The van der Waals surface area contributed by atoms with Crippen LogP contribution >= 0.6 is 15.9 Å². The first-order valence-corrected chi connectivity index (χ1v) is 4.97. The molecular formula is C9H7BrN4O. The lowest BCUT2D eigenvalue weighted by Crippen LogP contribution is -2.14. The minimum atomic E-state index is -0.271. The van der Waals surface area contributed by atoms with Gasteiger partial charge in [-0.15, -0.1) is 0 Å². The number of anilines is 1. The number of amides is 1. The molecule has 2 aromatic rings. The number of carbonyl (C=O) groups is 1. The monoisotopic (exact) mass is 266 g/mol. The second-order valence-corrected chi connectivity index (χ2v) is 3.67. The third-order valence-electron chi connectivity index (χ3n) is 1.68. The summed E-state index contributed by atoms with van der Waals surface area (Å²) in [5, 5.41) is 2.56. The van der Waals surface area contributed by atoms with Gasteiger partial charge in [-0.3, -0.25) is 10.1 Å². The lowest BCUT2D eigenvalue weighted by molar-refractivity contribution is 0.102. The van der Waals surface area contributed by atoms with E-state index < -0.39 is 0 Å². The first kappa shape index (κ1) is 9.85. The van der Waals surface area contributed by atoms with E-state index in [9.17, 15) is 4.79 Å². The van der Waals surface area contributed by atoms with Crippen molar-refractivity contribution in [1.82, 2.24) is 15.0 Å². The van der Waals surface area contributed by atoms with Gasteiger partial charge in [-0.1, -0.05) is 0 Å². The molecule has 0 aliphatic rings. The van der Waals surface area contributed by atoms with E-state index in [1.807, 2.05) is 0 Å². The molecule has 6 heteroatoms. The van der Waals surface area contributed by atoms with Gasteiger partial charge in [-0.25, -0.2) is 9.97 Å². The average molecular weight is 267 g/mol. The Morgan fingerprint density at radius 2 is 2.13 bits per heavy atom. The van der Waals surface area contributed by atoms with E-state index in [0.717, 1.165) is 4.47 Å². The predicted molar refractivity (Wildman–Crippen MR) is 58.5 cm³/mol. The highest BCUT2D eigenvalue weighted by Gasteiger charge is 2.08. The molecule has 0 saturated heterocycles. The van der Waals surface area contributed by atoms with Crippen LogP contribution in [0.25, 0.3) is 0 Å². The molecule has 0 fully saturated rings. The van der Waals surface area contributed by atoms with Crippen LogP contribution in [0.1, 0.15) is 10.5 Å². The molecule has 2 aromatic heterocycles. The Labute approximate surface area is 94.1 Å². The van der Waals surface area contributed by atoms with Gasteiger partial charge in [-0.2, -0.15) is 0 Å². The third-order valence-corrected chi connectivity index (χ3v) is 2.14. The van der Waals surface area contributed by atoms with Crippen molar-refractivity contribution >= 4 is 27.8 Å². The van der Waals surface area contributed by atoms with Gasteiger partial charge < -0.3 is 4.98 Å². The zero-order valence-corrected chi connectivity index (χ0v) is 9.15. The molecule has 0 atom stereocenters. The number of aromatic amines is 1. The van der Waals surface area contributed by atoms with E-state index in [0.29, 0.717) is 5.69 Å². The van der Waals surface area contributed by atoms with Gasteiger partial charge in [0.1, 0.15) is 5.69 Å². The van der Waals surface area contributed by atoms with Crippen molar-refractivity contribution in [2.45, 2.75) is 0 Å². The number of halogens is 1. The van der Waals surface area contributed by atoms with Crippen LogP contribution in [0.3, 0.4) is 0 Å². The van der Waals surface area contributed by atoms with Crippen LogP contribution in [-0.4, -0.2) is 20.9 Å². The summed E-state index contributed by atoms with van der Waals surface area (Å²) in [6.45, 7) is 0. The summed E-state index contributed by atoms with van der Waals surface area (Å²) < 4.78 is 0.821. The van der Waals surface area contributed by atoms with Crippen molar-refractivity contribution in [2.24, 2.45) is 0 Å². The summed E-state index contributed by atoms with van der Waals surface area (Å²) in [6.07, 6.45) is 4.81. The molecule has 0 aliphatic heterocycles. The Kier molecular flexibility index (Phi) is 2.77. The fourth-order valence-electron chi connectivity index (χ4n) is 1.03. The number of hydrogen-bond donors (Lipinski definition) is 2. The summed E-state index contributed by atoms with van der Waals surface area (Å²) in [4.78, 5) is 22.2. The molecule has 5 nitrogen and oxygen atoms in total. The van der Waals surface area contributed by atoms with Gasteiger partial charge in [0.2, 0.25) is 5.95 Å². The second-order valence-electron chi connectivity index (χ2n) is 2.76. The summed E-state index contributed by atoms with van der Waals surface area (Å²) in [5.74, 6) is 0.0140. The van der Waals surface area contributed by atoms with Crippen molar-refractivity contribution in [2.75, 3.05) is 5.32 Å². The first-order chi connectivity index (χ1) is 7.25. The van der Waals surface area contributed by atoms with Crippen LogP contribution in [0, 0.1) is 0 Å². The van der Waals surface area contributed by atoms with Gasteiger partial charge in [-0.05, 0) is 28.1 Å².